The molecule has 6 atom stereocenters. The van der Waals surface area contributed by atoms with Crippen molar-refractivity contribution in [1.29, 1.82) is 0 Å². The zero-order chi connectivity index (χ0) is 29.6. The number of likely N-dealkylation sites (tertiary alicyclic amines) is 1. The maximum absolute atomic E-state index is 14.2. The van der Waals surface area contributed by atoms with E-state index in [9.17, 15) is 33.5 Å². The van der Waals surface area contributed by atoms with Crippen LogP contribution in [0.15, 0.2) is 54.1 Å². The third kappa shape index (κ3) is 3.45. The predicted octanol–water partition coefficient (Wildman–Crippen LogP) is 3.18. The monoisotopic (exact) mass is 601 g/mol. The second-order valence-corrected chi connectivity index (χ2v) is 11.8. The molecule has 4 aliphatic rings. The van der Waals surface area contributed by atoms with Gasteiger partial charge in [-0.15, -0.1) is 23.2 Å². The summed E-state index contributed by atoms with van der Waals surface area (Å²) >= 11 is 14.4. The van der Waals surface area contributed by atoms with Crippen molar-refractivity contribution in [2.24, 2.45) is 23.5 Å². The van der Waals surface area contributed by atoms with Gasteiger partial charge in [0.1, 0.15) is 17.3 Å². The molecule has 6 amide bonds. The summed E-state index contributed by atoms with van der Waals surface area (Å²) in [5, 5.41) is 11.0. The zero-order valence-corrected chi connectivity index (χ0v) is 22.9. The van der Waals surface area contributed by atoms with Gasteiger partial charge in [0.15, 0.2) is 9.75 Å². The summed E-state index contributed by atoms with van der Waals surface area (Å²) < 4.78 is 19.0. The lowest BCUT2D eigenvalue weighted by molar-refractivity contribution is -0.136. The number of primary amides is 1. The lowest BCUT2D eigenvalue weighted by Crippen LogP contribution is -2.60. The molecule has 2 aliphatic carbocycles. The van der Waals surface area contributed by atoms with Gasteiger partial charge in [-0.2, -0.15) is 4.90 Å². The fourth-order valence-corrected chi connectivity index (χ4v) is 7.78. The fourth-order valence-electron chi connectivity index (χ4n) is 6.85. The number of urea groups is 1. The SMILES string of the molecule is COc1ccc(O)c(C2C3=CCC4C(=O)N(C(N)=O)C(=O)C4C3CC3(Cl)C(=O)N(c4ccc(F)cc4)C(=O)C23Cl)c1. The second-order valence-electron chi connectivity index (χ2n) is 10.5. The van der Waals surface area contributed by atoms with E-state index in [-0.39, 0.29) is 29.8 Å². The van der Waals surface area contributed by atoms with Crippen LogP contribution in [-0.2, 0) is 19.2 Å². The summed E-state index contributed by atoms with van der Waals surface area (Å²) in [5.41, 5.74) is 5.86. The van der Waals surface area contributed by atoms with Crippen molar-refractivity contribution in [2.45, 2.75) is 28.5 Å². The number of amides is 6. The maximum atomic E-state index is 14.2. The first-order chi connectivity index (χ1) is 19.4. The number of rotatable bonds is 3. The molecule has 2 heterocycles. The number of benzene rings is 2. The third-order valence-corrected chi connectivity index (χ3v) is 10.1. The Morgan fingerprint density at radius 3 is 2.37 bits per heavy atom. The normalized spacial score (nSPS) is 32.4. The molecule has 3 fully saturated rings. The summed E-state index contributed by atoms with van der Waals surface area (Å²) in [6.45, 7) is 0. The number of fused-ring (bicyclic) bond motifs is 4. The molecule has 2 aromatic carbocycles. The average molecular weight is 602 g/mol. The van der Waals surface area contributed by atoms with E-state index in [0.717, 1.165) is 17.0 Å². The zero-order valence-electron chi connectivity index (χ0n) is 21.3. The van der Waals surface area contributed by atoms with Crippen LogP contribution < -0.4 is 15.4 Å². The molecule has 0 spiro atoms. The molecule has 41 heavy (non-hydrogen) atoms. The molecule has 1 saturated carbocycles. The number of anilines is 1. The molecule has 0 radical (unpaired) electrons. The summed E-state index contributed by atoms with van der Waals surface area (Å²) in [6.07, 6.45) is 1.31. The van der Waals surface area contributed by atoms with Crippen LogP contribution in [0.2, 0.25) is 0 Å². The number of alkyl halides is 2. The van der Waals surface area contributed by atoms with Crippen LogP contribution in [0.4, 0.5) is 14.9 Å². The van der Waals surface area contributed by atoms with Crippen molar-refractivity contribution >= 4 is 58.5 Å². The number of nitrogens with two attached hydrogens (primary N) is 1. The molecule has 13 heteroatoms. The topological polar surface area (TPSA) is 147 Å². The number of hydrogen-bond donors (Lipinski definition) is 2. The second kappa shape index (κ2) is 9.02. The lowest BCUT2D eigenvalue weighted by atomic mass is 9.56. The van der Waals surface area contributed by atoms with Crippen LogP contribution in [0.5, 0.6) is 11.5 Å². The number of imide groups is 4. The fraction of sp³-hybridized carbons (Fsp3) is 0.321. The third-order valence-electron chi connectivity index (χ3n) is 8.66. The molecule has 3 N–H and O–H groups in total. The Labute approximate surface area is 242 Å². The van der Waals surface area contributed by atoms with Crippen LogP contribution in [0, 0.1) is 23.6 Å². The molecule has 2 aliphatic heterocycles. The molecular weight excluding hydrogens is 580 g/mol. The number of phenolic OH excluding ortho intramolecular Hbond substituents is 1. The lowest BCUT2D eigenvalue weighted by Gasteiger charge is -2.50. The number of allylic oxidation sites excluding steroid dienone is 2. The van der Waals surface area contributed by atoms with E-state index in [0.29, 0.717) is 16.2 Å². The first-order valence-electron chi connectivity index (χ1n) is 12.6. The Bertz CT molecular complexity index is 1600. The highest BCUT2D eigenvalue weighted by molar-refractivity contribution is 6.58. The molecule has 2 aromatic rings. The number of hydrogen-bond acceptors (Lipinski definition) is 7. The van der Waals surface area contributed by atoms with Crippen LogP contribution in [0.3, 0.4) is 0 Å². The van der Waals surface area contributed by atoms with Gasteiger partial charge in [-0.1, -0.05) is 11.6 Å². The van der Waals surface area contributed by atoms with Crippen LogP contribution in [-0.4, -0.2) is 56.5 Å². The standard InChI is InChI=1S/C28H22Cl2FN3O7/c1-41-14-6-9-19(35)17(10-14)21-15-7-8-16-20(23(37)34(22(16)36)26(32)40)18(15)11-27(29)24(38)33(25(39)28(21,27)30)13-4-2-12(31)3-5-13/h2-7,9-10,16,18,20-21,35H,8,11H2,1H3,(H2,32,40). The van der Waals surface area contributed by atoms with Gasteiger partial charge in [-0.3, -0.25) is 19.2 Å². The quantitative estimate of drug-likeness (QED) is 0.312. The van der Waals surface area contributed by atoms with E-state index in [4.69, 9.17) is 33.7 Å². The van der Waals surface area contributed by atoms with E-state index in [2.05, 4.69) is 0 Å². The van der Waals surface area contributed by atoms with Gasteiger partial charge < -0.3 is 15.6 Å². The van der Waals surface area contributed by atoms with Gasteiger partial charge >= 0.3 is 6.03 Å². The van der Waals surface area contributed by atoms with Crippen molar-refractivity contribution in [1.82, 2.24) is 4.90 Å². The molecule has 0 aromatic heterocycles. The average Bonchev–Trinajstić information content (AvgIpc) is 3.28. The predicted molar refractivity (Wildman–Crippen MR) is 143 cm³/mol. The molecule has 6 rings (SSSR count). The molecule has 6 unspecified atom stereocenters. The van der Waals surface area contributed by atoms with Gasteiger partial charge in [-0.25, -0.2) is 14.1 Å². The van der Waals surface area contributed by atoms with E-state index in [1.807, 2.05) is 0 Å². The highest BCUT2D eigenvalue weighted by atomic mass is 35.5. The van der Waals surface area contributed by atoms with Crippen LogP contribution in [0.25, 0.3) is 0 Å². The molecular formula is C28H22Cl2FN3O7. The number of ether oxygens (including phenoxy) is 1. The van der Waals surface area contributed by atoms with Crippen molar-refractivity contribution in [3.05, 3.63) is 65.5 Å². The van der Waals surface area contributed by atoms with E-state index >= 15 is 0 Å². The van der Waals surface area contributed by atoms with Gasteiger partial charge in [0.2, 0.25) is 11.8 Å². The number of halogens is 3. The van der Waals surface area contributed by atoms with Crippen molar-refractivity contribution in [2.75, 3.05) is 12.0 Å². The molecule has 10 nitrogen and oxygen atoms in total. The highest BCUT2D eigenvalue weighted by Gasteiger charge is 2.77. The van der Waals surface area contributed by atoms with E-state index in [1.165, 1.54) is 37.4 Å². The first-order valence-corrected chi connectivity index (χ1v) is 13.4. The van der Waals surface area contributed by atoms with Gasteiger partial charge in [-0.05, 0) is 61.2 Å². The number of carbonyl (C=O) groups is 5. The Kier molecular flexibility index (Phi) is 5.99. The number of methoxy groups -OCH3 is 1. The number of nitrogens with zero attached hydrogens (tertiary/aromatic N) is 2. The van der Waals surface area contributed by atoms with Gasteiger partial charge in [0.25, 0.3) is 11.8 Å². The molecule has 2 saturated heterocycles. The van der Waals surface area contributed by atoms with Crippen LogP contribution in [0.1, 0.15) is 24.3 Å². The van der Waals surface area contributed by atoms with Crippen molar-refractivity contribution in [3.63, 3.8) is 0 Å². The van der Waals surface area contributed by atoms with E-state index < -0.39 is 68.9 Å². The Morgan fingerprint density at radius 1 is 1.05 bits per heavy atom. The summed E-state index contributed by atoms with van der Waals surface area (Å²) in [4.78, 5) is 63.5. The minimum absolute atomic E-state index is 0.0121. The smallest absolute Gasteiger partial charge is 0.328 e. The summed E-state index contributed by atoms with van der Waals surface area (Å²) in [7, 11) is 1.40. The van der Waals surface area contributed by atoms with Gasteiger partial charge in [0, 0.05) is 11.5 Å². The van der Waals surface area contributed by atoms with Gasteiger partial charge in [0.05, 0.1) is 24.6 Å². The summed E-state index contributed by atoms with van der Waals surface area (Å²) in [6, 6.07) is 7.63. The number of aromatic hydroxyl groups is 1. The van der Waals surface area contributed by atoms with E-state index in [1.54, 1.807) is 6.08 Å². The van der Waals surface area contributed by atoms with Crippen molar-refractivity contribution < 1.29 is 38.2 Å². The van der Waals surface area contributed by atoms with Crippen molar-refractivity contribution in [3.8, 4) is 11.5 Å². The first kappa shape index (κ1) is 27.2. The molecule has 212 valence electrons. The largest absolute Gasteiger partial charge is 0.508 e. The van der Waals surface area contributed by atoms with Crippen LogP contribution >= 0.6 is 23.2 Å². The molecule has 0 bridgehead atoms. The Morgan fingerprint density at radius 2 is 1.73 bits per heavy atom. The minimum Gasteiger partial charge on any atom is -0.508 e. The Balaban J connectivity index is 1.59. The summed E-state index contributed by atoms with van der Waals surface area (Å²) in [5.74, 6) is -8.30. The number of carbonyl (C=O) groups excluding carboxylic acids is 5. The number of phenols is 1. The Hall–Kier alpha value is -3.96. The minimum atomic E-state index is -2.23. The highest BCUT2D eigenvalue weighted by Crippen LogP contribution is 2.66. The maximum Gasteiger partial charge on any atom is 0.328 e.